The average molecular weight is 255 g/mol. The summed E-state index contributed by atoms with van der Waals surface area (Å²) < 4.78 is 5.93. The first-order valence-electron chi connectivity index (χ1n) is 6.02. The quantitative estimate of drug-likeness (QED) is 0.899. The van der Waals surface area contributed by atoms with E-state index in [9.17, 15) is 0 Å². The zero-order valence-corrected chi connectivity index (χ0v) is 10.9. The minimum Gasteiger partial charge on any atom is -0.490 e. The van der Waals surface area contributed by atoms with Gasteiger partial charge in [0.1, 0.15) is 11.9 Å². The molecule has 1 aromatic carbocycles. The van der Waals surface area contributed by atoms with Crippen molar-refractivity contribution in [3.63, 3.8) is 0 Å². The van der Waals surface area contributed by atoms with Gasteiger partial charge >= 0.3 is 0 Å². The molecule has 4 heteroatoms. The average Bonchev–Trinajstić information content (AvgIpc) is 2.32. The molecule has 17 heavy (non-hydrogen) atoms. The number of benzene rings is 1. The van der Waals surface area contributed by atoms with Crippen LogP contribution in [-0.4, -0.2) is 31.1 Å². The summed E-state index contributed by atoms with van der Waals surface area (Å²) in [5.74, 6) is 0.849. The Bertz CT molecular complexity index is 376. The van der Waals surface area contributed by atoms with Crippen molar-refractivity contribution >= 4 is 11.6 Å². The summed E-state index contributed by atoms with van der Waals surface area (Å²) >= 11 is 6.10. The molecule has 0 unspecified atom stereocenters. The maximum absolute atomic E-state index is 6.10. The molecule has 0 aliphatic carbocycles. The van der Waals surface area contributed by atoms with Gasteiger partial charge in [0, 0.05) is 24.7 Å². The fraction of sp³-hybridized carbons (Fsp3) is 0.538. The Balaban J connectivity index is 1.97. The standard InChI is InChI=1S/C13H19ClN2O/c1-16-6-4-11(5-7-16)17-12-3-2-10(9-15)13(14)8-12/h2-3,8,11H,4-7,9,15H2,1H3. The maximum Gasteiger partial charge on any atom is 0.121 e. The Morgan fingerprint density at radius 3 is 2.71 bits per heavy atom. The van der Waals surface area contributed by atoms with Crippen molar-refractivity contribution in [2.24, 2.45) is 5.73 Å². The zero-order valence-electron chi connectivity index (χ0n) is 10.2. The fourth-order valence-corrected chi connectivity index (χ4v) is 2.31. The van der Waals surface area contributed by atoms with Crippen LogP contribution in [0.5, 0.6) is 5.75 Å². The lowest BCUT2D eigenvalue weighted by Crippen LogP contribution is -2.35. The predicted octanol–water partition coefficient (Wildman–Crippen LogP) is 2.27. The van der Waals surface area contributed by atoms with Crippen LogP contribution in [0.2, 0.25) is 5.02 Å². The van der Waals surface area contributed by atoms with E-state index in [0.717, 1.165) is 37.2 Å². The second kappa shape index (κ2) is 5.71. The van der Waals surface area contributed by atoms with Crippen LogP contribution in [0.3, 0.4) is 0 Å². The highest BCUT2D eigenvalue weighted by atomic mass is 35.5. The van der Waals surface area contributed by atoms with Crippen LogP contribution >= 0.6 is 11.6 Å². The van der Waals surface area contributed by atoms with Crippen molar-refractivity contribution in [2.45, 2.75) is 25.5 Å². The minimum absolute atomic E-state index is 0.311. The third-order valence-electron chi connectivity index (χ3n) is 3.21. The van der Waals surface area contributed by atoms with Crippen LogP contribution in [0.1, 0.15) is 18.4 Å². The van der Waals surface area contributed by atoms with Crippen molar-refractivity contribution in [1.82, 2.24) is 4.90 Å². The second-order valence-electron chi connectivity index (χ2n) is 4.58. The number of ether oxygens (including phenoxy) is 1. The first kappa shape index (κ1) is 12.7. The van der Waals surface area contributed by atoms with Gasteiger partial charge < -0.3 is 15.4 Å². The van der Waals surface area contributed by atoms with E-state index in [1.54, 1.807) is 0 Å². The summed E-state index contributed by atoms with van der Waals surface area (Å²) in [6, 6.07) is 5.75. The van der Waals surface area contributed by atoms with Gasteiger partial charge in [-0.1, -0.05) is 17.7 Å². The fourth-order valence-electron chi connectivity index (χ4n) is 2.06. The normalized spacial score (nSPS) is 18.3. The van der Waals surface area contributed by atoms with Crippen LogP contribution in [0.25, 0.3) is 0 Å². The summed E-state index contributed by atoms with van der Waals surface area (Å²) in [5.41, 5.74) is 6.53. The number of rotatable bonds is 3. The number of piperidine rings is 1. The molecule has 1 fully saturated rings. The molecule has 0 spiro atoms. The van der Waals surface area contributed by atoms with Crippen molar-refractivity contribution in [3.05, 3.63) is 28.8 Å². The molecule has 2 rings (SSSR count). The predicted molar refractivity (Wildman–Crippen MR) is 70.5 cm³/mol. The van der Waals surface area contributed by atoms with Gasteiger partial charge in [-0.25, -0.2) is 0 Å². The lowest BCUT2D eigenvalue weighted by Gasteiger charge is -2.29. The van der Waals surface area contributed by atoms with E-state index in [2.05, 4.69) is 11.9 Å². The molecule has 0 bridgehead atoms. The molecule has 1 saturated heterocycles. The van der Waals surface area contributed by atoms with E-state index < -0.39 is 0 Å². The lowest BCUT2D eigenvalue weighted by atomic mass is 10.1. The largest absolute Gasteiger partial charge is 0.490 e. The highest BCUT2D eigenvalue weighted by Crippen LogP contribution is 2.24. The molecule has 1 aromatic rings. The molecule has 1 aliphatic rings. The number of nitrogens with zero attached hydrogens (tertiary/aromatic N) is 1. The Morgan fingerprint density at radius 2 is 2.12 bits per heavy atom. The molecule has 0 amide bonds. The SMILES string of the molecule is CN1CCC(Oc2ccc(CN)c(Cl)c2)CC1. The summed E-state index contributed by atoms with van der Waals surface area (Å²) in [5, 5.41) is 0.693. The molecule has 0 atom stereocenters. The Kier molecular flexibility index (Phi) is 4.26. The van der Waals surface area contributed by atoms with Gasteiger partial charge in [-0.15, -0.1) is 0 Å². The van der Waals surface area contributed by atoms with Gasteiger partial charge in [-0.05, 0) is 37.6 Å². The summed E-state index contributed by atoms with van der Waals surface area (Å²) in [7, 11) is 2.14. The molecule has 0 radical (unpaired) electrons. The first-order chi connectivity index (χ1) is 8.19. The highest BCUT2D eigenvalue weighted by molar-refractivity contribution is 6.31. The highest BCUT2D eigenvalue weighted by Gasteiger charge is 2.18. The van der Waals surface area contributed by atoms with Crippen LogP contribution in [0.4, 0.5) is 0 Å². The van der Waals surface area contributed by atoms with Crippen LogP contribution in [0, 0.1) is 0 Å². The number of likely N-dealkylation sites (tertiary alicyclic amines) is 1. The van der Waals surface area contributed by atoms with E-state index >= 15 is 0 Å². The summed E-state index contributed by atoms with van der Waals surface area (Å²) in [4.78, 5) is 2.32. The molecule has 94 valence electrons. The molecular formula is C13H19ClN2O. The van der Waals surface area contributed by atoms with Crippen molar-refractivity contribution in [1.29, 1.82) is 0 Å². The smallest absolute Gasteiger partial charge is 0.121 e. The molecule has 1 heterocycles. The van der Waals surface area contributed by atoms with Crippen LogP contribution in [0.15, 0.2) is 18.2 Å². The Morgan fingerprint density at radius 1 is 1.41 bits per heavy atom. The van der Waals surface area contributed by atoms with Gasteiger partial charge in [0.25, 0.3) is 0 Å². The molecule has 1 aliphatic heterocycles. The topological polar surface area (TPSA) is 38.5 Å². The number of hydrogen-bond acceptors (Lipinski definition) is 3. The molecule has 2 N–H and O–H groups in total. The van der Waals surface area contributed by atoms with E-state index in [4.69, 9.17) is 22.1 Å². The number of hydrogen-bond donors (Lipinski definition) is 1. The van der Waals surface area contributed by atoms with E-state index in [0.29, 0.717) is 17.7 Å². The molecular weight excluding hydrogens is 236 g/mol. The molecule has 0 saturated carbocycles. The zero-order chi connectivity index (χ0) is 12.3. The Hall–Kier alpha value is -0.770. The lowest BCUT2D eigenvalue weighted by molar-refractivity contribution is 0.114. The number of nitrogens with two attached hydrogens (primary N) is 1. The summed E-state index contributed by atoms with van der Waals surface area (Å²) in [6.07, 6.45) is 2.46. The van der Waals surface area contributed by atoms with Gasteiger partial charge in [0.2, 0.25) is 0 Å². The van der Waals surface area contributed by atoms with Crippen molar-refractivity contribution < 1.29 is 4.74 Å². The van der Waals surface area contributed by atoms with Gasteiger partial charge in [0.05, 0.1) is 0 Å². The minimum atomic E-state index is 0.311. The monoisotopic (exact) mass is 254 g/mol. The summed E-state index contributed by atoms with van der Waals surface area (Å²) in [6.45, 7) is 2.66. The van der Waals surface area contributed by atoms with Crippen LogP contribution in [-0.2, 0) is 6.54 Å². The molecule has 3 nitrogen and oxygen atoms in total. The van der Waals surface area contributed by atoms with Crippen molar-refractivity contribution in [3.8, 4) is 5.75 Å². The van der Waals surface area contributed by atoms with Gasteiger partial charge in [-0.2, -0.15) is 0 Å². The maximum atomic E-state index is 6.10. The van der Waals surface area contributed by atoms with Gasteiger partial charge in [-0.3, -0.25) is 0 Å². The molecule has 0 aromatic heterocycles. The second-order valence-corrected chi connectivity index (χ2v) is 4.99. The first-order valence-corrected chi connectivity index (χ1v) is 6.40. The van der Waals surface area contributed by atoms with Crippen molar-refractivity contribution in [2.75, 3.05) is 20.1 Å². The Labute approximate surface area is 107 Å². The third kappa shape index (κ3) is 3.35. The van der Waals surface area contributed by atoms with Gasteiger partial charge in [0.15, 0.2) is 0 Å². The third-order valence-corrected chi connectivity index (χ3v) is 3.56. The van der Waals surface area contributed by atoms with Crippen LogP contribution < -0.4 is 10.5 Å². The number of halogens is 1. The van der Waals surface area contributed by atoms with E-state index in [1.807, 2.05) is 18.2 Å². The van der Waals surface area contributed by atoms with E-state index in [1.165, 1.54) is 0 Å². The van der Waals surface area contributed by atoms with E-state index in [-0.39, 0.29) is 0 Å².